The van der Waals surface area contributed by atoms with Crippen molar-refractivity contribution >= 4 is 34.1 Å². The molecule has 1 heterocycles. The van der Waals surface area contributed by atoms with Crippen LogP contribution in [0.2, 0.25) is 0 Å². The first-order valence-corrected chi connectivity index (χ1v) is 8.82. The van der Waals surface area contributed by atoms with Crippen molar-refractivity contribution in [2.45, 2.75) is 32.5 Å². The number of amides is 2. The van der Waals surface area contributed by atoms with E-state index in [1.165, 1.54) is 51.1 Å². The maximum atomic E-state index is 13.0. The van der Waals surface area contributed by atoms with Crippen LogP contribution in [0.1, 0.15) is 31.1 Å². The number of carbonyl (C=O) groups excluding carboxylic acids is 3. The molecule has 9 heteroatoms. The first-order chi connectivity index (χ1) is 12.6. The maximum absolute atomic E-state index is 13.0. The summed E-state index contributed by atoms with van der Waals surface area (Å²) >= 11 is 1.12. The second kappa shape index (κ2) is 8.17. The Balaban J connectivity index is 1.98. The molecular weight excluding hydrogens is 375 g/mol. The fourth-order valence-corrected chi connectivity index (χ4v) is 2.80. The Bertz CT molecular complexity index is 848. The average molecular weight is 394 g/mol. The Morgan fingerprint density at radius 3 is 2.41 bits per heavy atom. The first-order valence-electron chi connectivity index (χ1n) is 7.94. The summed E-state index contributed by atoms with van der Waals surface area (Å²) in [6.07, 6.45) is -1.14. The molecule has 2 amide bonds. The lowest BCUT2D eigenvalue weighted by molar-refractivity contribution is -0.166. The number of rotatable bonds is 7. The topological polar surface area (TPSA) is 108 Å². The van der Waals surface area contributed by atoms with E-state index in [1.807, 2.05) is 0 Å². The molecule has 7 nitrogen and oxygen atoms in total. The lowest BCUT2D eigenvalue weighted by Crippen LogP contribution is -2.43. The summed E-state index contributed by atoms with van der Waals surface area (Å²) in [7, 11) is 0. The van der Waals surface area contributed by atoms with Crippen molar-refractivity contribution in [3.63, 3.8) is 0 Å². The van der Waals surface area contributed by atoms with E-state index >= 15 is 0 Å². The molecule has 0 aliphatic rings. The monoisotopic (exact) mass is 394 g/mol. The van der Waals surface area contributed by atoms with Gasteiger partial charge in [-0.05, 0) is 56.5 Å². The number of anilines is 1. The highest BCUT2D eigenvalue weighted by Gasteiger charge is 2.34. The fourth-order valence-electron chi connectivity index (χ4n) is 2.01. The number of nitrogens with one attached hydrogen (secondary N) is 1. The minimum absolute atomic E-state index is 0.173. The van der Waals surface area contributed by atoms with E-state index in [1.54, 1.807) is 5.38 Å². The summed E-state index contributed by atoms with van der Waals surface area (Å²) < 4.78 is 23.6. The zero-order valence-corrected chi connectivity index (χ0v) is 15.8. The molecular formula is C18H19FN2O5S. The van der Waals surface area contributed by atoms with Gasteiger partial charge in [-0.2, -0.15) is 0 Å². The minimum atomic E-state index is -1.41. The highest BCUT2D eigenvalue weighted by atomic mass is 32.1. The number of ether oxygens (including phenoxy) is 2. The predicted octanol–water partition coefficient (Wildman–Crippen LogP) is 2.71. The van der Waals surface area contributed by atoms with Gasteiger partial charge in [-0.1, -0.05) is 0 Å². The molecule has 2 rings (SSSR count). The highest BCUT2D eigenvalue weighted by molar-refractivity contribution is 7.14. The third kappa shape index (κ3) is 5.27. The number of primary amides is 1. The second-order valence-corrected chi connectivity index (χ2v) is 7.05. The van der Waals surface area contributed by atoms with E-state index in [0.717, 1.165) is 11.3 Å². The molecule has 1 aromatic heterocycles. The van der Waals surface area contributed by atoms with Crippen LogP contribution in [-0.2, 0) is 14.3 Å². The third-order valence-corrected chi connectivity index (χ3v) is 4.33. The summed E-state index contributed by atoms with van der Waals surface area (Å²) in [6.45, 7) is 4.32. The molecule has 3 N–H and O–H groups in total. The quantitative estimate of drug-likeness (QED) is 0.702. The Hall–Kier alpha value is -2.94. The number of hydrogen-bond acceptors (Lipinski definition) is 6. The molecule has 1 atom stereocenters. The molecule has 0 aliphatic carbocycles. The molecule has 0 aliphatic heterocycles. The van der Waals surface area contributed by atoms with E-state index in [-0.39, 0.29) is 16.3 Å². The molecule has 27 heavy (non-hydrogen) atoms. The van der Waals surface area contributed by atoms with Gasteiger partial charge in [0, 0.05) is 0 Å². The summed E-state index contributed by atoms with van der Waals surface area (Å²) in [6, 6.07) is 6.64. The second-order valence-electron chi connectivity index (χ2n) is 6.13. The lowest BCUT2D eigenvalue weighted by atomic mass is 10.1. The minimum Gasteiger partial charge on any atom is -0.476 e. The zero-order valence-electron chi connectivity index (χ0n) is 14.9. The summed E-state index contributed by atoms with van der Waals surface area (Å²) in [5.74, 6) is -2.23. The standard InChI is InChI=1S/C18H19FN2O5S/c1-10(15(23)21-16-13(14(20)22)8-9-27-16)25-17(24)18(2,3)26-12-6-4-11(19)5-7-12/h4-10H,1-3H3,(H2,20,22)(H,21,23)/t10-/m0/s1. The van der Waals surface area contributed by atoms with Gasteiger partial charge >= 0.3 is 5.97 Å². The van der Waals surface area contributed by atoms with Gasteiger partial charge in [0.2, 0.25) is 0 Å². The van der Waals surface area contributed by atoms with Crippen LogP contribution in [0.4, 0.5) is 9.39 Å². The SMILES string of the molecule is C[C@H](OC(=O)C(C)(C)Oc1ccc(F)cc1)C(=O)Nc1sccc1C(N)=O. The molecule has 0 saturated carbocycles. The predicted molar refractivity (Wildman–Crippen MR) is 98.1 cm³/mol. The smallest absolute Gasteiger partial charge is 0.350 e. The van der Waals surface area contributed by atoms with Gasteiger partial charge in [-0.3, -0.25) is 9.59 Å². The van der Waals surface area contributed by atoms with E-state index in [9.17, 15) is 18.8 Å². The van der Waals surface area contributed by atoms with Crippen LogP contribution in [-0.4, -0.2) is 29.5 Å². The van der Waals surface area contributed by atoms with Crippen LogP contribution in [0.3, 0.4) is 0 Å². The average Bonchev–Trinajstić information content (AvgIpc) is 3.05. The van der Waals surface area contributed by atoms with Crippen molar-refractivity contribution in [1.29, 1.82) is 0 Å². The van der Waals surface area contributed by atoms with Crippen LogP contribution in [0.25, 0.3) is 0 Å². The molecule has 2 aromatic rings. The highest BCUT2D eigenvalue weighted by Crippen LogP contribution is 2.24. The molecule has 0 radical (unpaired) electrons. The van der Waals surface area contributed by atoms with E-state index in [2.05, 4.69) is 5.32 Å². The number of halogens is 1. The van der Waals surface area contributed by atoms with Gasteiger partial charge < -0.3 is 20.5 Å². The number of thiophene rings is 1. The zero-order chi connectivity index (χ0) is 20.2. The largest absolute Gasteiger partial charge is 0.476 e. The van der Waals surface area contributed by atoms with Crippen molar-refractivity contribution in [2.24, 2.45) is 5.73 Å². The fraction of sp³-hybridized carbons (Fsp3) is 0.278. The summed E-state index contributed by atoms with van der Waals surface area (Å²) in [5.41, 5.74) is 3.99. The van der Waals surface area contributed by atoms with Crippen molar-refractivity contribution in [2.75, 3.05) is 5.32 Å². The Labute approximate surface area is 159 Å². The number of benzene rings is 1. The van der Waals surface area contributed by atoms with Crippen LogP contribution in [0.5, 0.6) is 5.75 Å². The first kappa shape index (κ1) is 20.4. The van der Waals surface area contributed by atoms with E-state index in [0.29, 0.717) is 0 Å². The molecule has 0 unspecified atom stereocenters. The lowest BCUT2D eigenvalue weighted by Gasteiger charge is -2.26. The molecule has 0 bridgehead atoms. The third-order valence-electron chi connectivity index (χ3n) is 3.50. The van der Waals surface area contributed by atoms with Gasteiger partial charge in [0.15, 0.2) is 11.7 Å². The molecule has 0 fully saturated rings. The molecule has 0 spiro atoms. The van der Waals surface area contributed by atoms with E-state index < -0.39 is 35.3 Å². The number of hydrogen-bond donors (Lipinski definition) is 2. The molecule has 1 aromatic carbocycles. The molecule has 0 saturated heterocycles. The van der Waals surface area contributed by atoms with Crippen LogP contribution >= 0.6 is 11.3 Å². The number of carbonyl (C=O) groups is 3. The van der Waals surface area contributed by atoms with Gasteiger partial charge in [0.25, 0.3) is 11.8 Å². The maximum Gasteiger partial charge on any atom is 0.350 e. The van der Waals surface area contributed by atoms with Crippen LogP contribution in [0.15, 0.2) is 35.7 Å². The van der Waals surface area contributed by atoms with Gasteiger partial charge in [-0.25, -0.2) is 9.18 Å². The normalized spacial score (nSPS) is 12.1. The Kier molecular flexibility index (Phi) is 6.17. The summed E-state index contributed by atoms with van der Waals surface area (Å²) in [4.78, 5) is 35.9. The van der Waals surface area contributed by atoms with Gasteiger partial charge in [0.1, 0.15) is 16.6 Å². The van der Waals surface area contributed by atoms with Gasteiger partial charge in [-0.15, -0.1) is 11.3 Å². The van der Waals surface area contributed by atoms with Gasteiger partial charge in [0.05, 0.1) is 5.56 Å². The number of esters is 1. The summed E-state index contributed by atoms with van der Waals surface area (Å²) in [5, 5.41) is 4.38. The Morgan fingerprint density at radius 1 is 1.19 bits per heavy atom. The van der Waals surface area contributed by atoms with Crippen LogP contribution < -0.4 is 15.8 Å². The van der Waals surface area contributed by atoms with Crippen LogP contribution in [0, 0.1) is 5.82 Å². The van der Waals surface area contributed by atoms with Crippen molar-refractivity contribution in [1.82, 2.24) is 0 Å². The van der Waals surface area contributed by atoms with Crippen molar-refractivity contribution in [3.05, 3.63) is 47.1 Å². The van der Waals surface area contributed by atoms with Crippen molar-refractivity contribution < 1.29 is 28.2 Å². The Morgan fingerprint density at radius 2 is 1.81 bits per heavy atom. The number of nitrogens with two attached hydrogens (primary N) is 1. The van der Waals surface area contributed by atoms with E-state index in [4.69, 9.17) is 15.2 Å². The molecule has 144 valence electrons. The van der Waals surface area contributed by atoms with Crippen molar-refractivity contribution in [3.8, 4) is 5.75 Å².